The van der Waals surface area contributed by atoms with Gasteiger partial charge >= 0.3 is 0 Å². The van der Waals surface area contributed by atoms with Gasteiger partial charge in [0.15, 0.2) is 11.5 Å². The van der Waals surface area contributed by atoms with Gasteiger partial charge in [0.05, 0.1) is 0 Å². The zero-order valence-electron chi connectivity index (χ0n) is 6.65. The molecule has 0 aromatic heterocycles. The molecular weight excluding hydrogens is 174 g/mol. The minimum Gasteiger partial charge on any atom is -0.461 e. The molecule has 2 aliphatic rings. The second-order valence-corrected chi connectivity index (χ2v) is 2.44. The van der Waals surface area contributed by atoms with Crippen molar-refractivity contribution in [3.8, 4) is 0 Å². The lowest BCUT2D eigenvalue weighted by Crippen LogP contribution is -2.20. The van der Waals surface area contributed by atoms with Crippen molar-refractivity contribution >= 4 is 5.91 Å². The predicted octanol–water partition coefficient (Wildman–Crippen LogP) is 0.115. The number of ether oxygens (including phenoxy) is 3. The van der Waals surface area contributed by atoms with E-state index in [4.69, 9.17) is 19.9 Å². The Kier molecular flexibility index (Phi) is 1.70. The van der Waals surface area contributed by atoms with Gasteiger partial charge in [-0.3, -0.25) is 4.79 Å². The van der Waals surface area contributed by atoms with E-state index in [0.717, 1.165) is 0 Å². The van der Waals surface area contributed by atoms with Crippen molar-refractivity contribution in [2.24, 2.45) is 5.73 Å². The molecule has 1 amide bonds. The second-order valence-electron chi connectivity index (χ2n) is 2.44. The third-order valence-corrected chi connectivity index (χ3v) is 1.56. The number of rotatable bonds is 1. The fourth-order valence-corrected chi connectivity index (χ4v) is 0.977. The minimum atomic E-state index is -0.623. The van der Waals surface area contributed by atoms with Crippen LogP contribution in [0.25, 0.3) is 0 Å². The Morgan fingerprint density at radius 2 is 2.23 bits per heavy atom. The lowest BCUT2D eigenvalue weighted by Gasteiger charge is -2.21. The molecule has 2 aliphatic heterocycles. The molecule has 5 heteroatoms. The van der Waals surface area contributed by atoms with E-state index in [1.165, 1.54) is 12.3 Å². The van der Waals surface area contributed by atoms with E-state index >= 15 is 0 Å². The molecular formula is C8H7NO4. The van der Waals surface area contributed by atoms with Gasteiger partial charge in [-0.2, -0.15) is 0 Å². The van der Waals surface area contributed by atoms with Gasteiger partial charge in [0, 0.05) is 0 Å². The lowest BCUT2D eigenvalue weighted by molar-refractivity contribution is -0.117. The molecule has 5 nitrogen and oxygen atoms in total. The maximum absolute atomic E-state index is 10.7. The van der Waals surface area contributed by atoms with Gasteiger partial charge in [0.1, 0.15) is 6.26 Å². The number of nitrogens with two attached hydrogens (primary N) is 1. The van der Waals surface area contributed by atoms with Crippen LogP contribution in [-0.4, -0.2) is 12.7 Å². The third-order valence-electron chi connectivity index (χ3n) is 1.56. The molecule has 2 heterocycles. The summed E-state index contributed by atoms with van der Waals surface area (Å²) in [5.74, 6) is 0.352. The Morgan fingerprint density at radius 3 is 3.00 bits per heavy atom. The Labute approximate surface area is 74.1 Å². The summed E-state index contributed by atoms with van der Waals surface area (Å²) in [5, 5.41) is 0. The van der Waals surface area contributed by atoms with Gasteiger partial charge in [-0.25, -0.2) is 0 Å². The number of amides is 1. The average Bonchev–Trinajstić information content (AvgIpc) is 2.17. The Morgan fingerprint density at radius 1 is 1.38 bits per heavy atom. The molecule has 0 fully saturated rings. The molecule has 0 aromatic carbocycles. The van der Waals surface area contributed by atoms with Crippen LogP contribution in [0, 0.1) is 0 Å². The first-order valence-electron chi connectivity index (χ1n) is 3.62. The van der Waals surface area contributed by atoms with Crippen molar-refractivity contribution in [3.63, 3.8) is 0 Å². The first-order valence-corrected chi connectivity index (χ1v) is 3.62. The number of allylic oxidation sites excluding steroid dienone is 2. The molecule has 0 aliphatic carbocycles. The lowest BCUT2D eigenvalue weighted by atomic mass is 10.3. The number of carbonyl (C=O) groups is 1. The van der Waals surface area contributed by atoms with Crippen molar-refractivity contribution in [3.05, 3.63) is 35.7 Å². The molecule has 0 bridgehead atoms. The molecule has 0 unspecified atom stereocenters. The highest BCUT2D eigenvalue weighted by Crippen LogP contribution is 2.24. The summed E-state index contributed by atoms with van der Waals surface area (Å²) in [6, 6.07) is 0. The Bertz CT molecular complexity index is 340. The van der Waals surface area contributed by atoms with Crippen molar-refractivity contribution in [1.82, 2.24) is 0 Å². The average molecular weight is 181 g/mol. The normalized spacial score (nSPS) is 19.2. The Balaban J connectivity index is 2.29. The van der Waals surface area contributed by atoms with E-state index in [1.807, 2.05) is 0 Å². The topological polar surface area (TPSA) is 70.8 Å². The van der Waals surface area contributed by atoms with Crippen molar-refractivity contribution < 1.29 is 19.0 Å². The van der Waals surface area contributed by atoms with E-state index in [2.05, 4.69) is 0 Å². The van der Waals surface area contributed by atoms with Gasteiger partial charge in [-0.1, -0.05) is 0 Å². The molecule has 0 spiro atoms. The van der Waals surface area contributed by atoms with Crippen LogP contribution in [0.1, 0.15) is 0 Å². The van der Waals surface area contributed by atoms with E-state index in [-0.39, 0.29) is 12.6 Å². The van der Waals surface area contributed by atoms with Gasteiger partial charge in [0.2, 0.25) is 12.6 Å². The van der Waals surface area contributed by atoms with E-state index in [0.29, 0.717) is 11.5 Å². The highest BCUT2D eigenvalue weighted by molar-refractivity contribution is 5.90. The monoisotopic (exact) mass is 181 g/mol. The van der Waals surface area contributed by atoms with Crippen LogP contribution in [0.15, 0.2) is 35.7 Å². The summed E-state index contributed by atoms with van der Waals surface area (Å²) in [5.41, 5.74) is 5.02. The number of hydrogen-bond donors (Lipinski definition) is 1. The highest BCUT2D eigenvalue weighted by Gasteiger charge is 2.21. The summed E-state index contributed by atoms with van der Waals surface area (Å²) in [7, 11) is 0. The van der Waals surface area contributed by atoms with Gasteiger partial charge < -0.3 is 19.9 Å². The molecule has 13 heavy (non-hydrogen) atoms. The summed E-state index contributed by atoms with van der Waals surface area (Å²) in [4.78, 5) is 10.7. The summed E-state index contributed by atoms with van der Waals surface area (Å²) >= 11 is 0. The number of hydrogen-bond acceptors (Lipinski definition) is 4. The first kappa shape index (κ1) is 7.72. The van der Waals surface area contributed by atoms with Crippen LogP contribution < -0.4 is 5.73 Å². The maximum Gasteiger partial charge on any atom is 0.284 e. The molecule has 2 rings (SSSR count). The summed E-state index contributed by atoms with van der Waals surface area (Å²) in [6.45, 7) is 0.151. The molecule has 0 aromatic rings. The molecule has 0 atom stereocenters. The summed E-state index contributed by atoms with van der Waals surface area (Å²) < 4.78 is 15.0. The zero-order chi connectivity index (χ0) is 9.26. The third kappa shape index (κ3) is 1.35. The first-order chi connectivity index (χ1) is 6.27. The predicted molar refractivity (Wildman–Crippen MR) is 41.6 cm³/mol. The molecule has 0 saturated heterocycles. The van der Waals surface area contributed by atoms with Crippen LogP contribution >= 0.6 is 0 Å². The quantitative estimate of drug-likeness (QED) is 0.623. The van der Waals surface area contributed by atoms with Crippen LogP contribution in [0.5, 0.6) is 0 Å². The summed E-state index contributed by atoms with van der Waals surface area (Å²) in [6.07, 6.45) is 4.45. The SMILES string of the molecule is NC(=O)C1=CC=C2OCOC=C2O1. The van der Waals surface area contributed by atoms with Crippen LogP contribution in [0.3, 0.4) is 0 Å². The number of primary amides is 1. The largest absolute Gasteiger partial charge is 0.461 e. The van der Waals surface area contributed by atoms with E-state index < -0.39 is 5.91 Å². The second kappa shape index (κ2) is 2.85. The van der Waals surface area contributed by atoms with Crippen LogP contribution in [-0.2, 0) is 19.0 Å². The highest BCUT2D eigenvalue weighted by atomic mass is 16.7. The van der Waals surface area contributed by atoms with Crippen molar-refractivity contribution in [1.29, 1.82) is 0 Å². The van der Waals surface area contributed by atoms with Gasteiger partial charge in [-0.05, 0) is 12.2 Å². The standard InChI is InChI=1S/C8H7NO4/c9-8(10)6-2-1-5-7(13-6)3-11-4-12-5/h1-3H,4H2,(H2,9,10). The number of fused-ring (bicyclic) bond motifs is 1. The molecule has 0 radical (unpaired) electrons. The number of carbonyl (C=O) groups excluding carboxylic acids is 1. The fourth-order valence-electron chi connectivity index (χ4n) is 0.977. The molecule has 2 N–H and O–H groups in total. The fraction of sp³-hybridized carbons (Fsp3) is 0.125. The van der Waals surface area contributed by atoms with E-state index in [1.54, 1.807) is 6.08 Å². The van der Waals surface area contributed by atoms with Crippen molar-refractivity contribution in [2.75, 3.05) is 6.79 Å². The van der Waals surface area contributed by atoms with Gasteiger partial charge in [-0.15, -0.1) is 0 Å². The smallest absolute Gasteiger partial charge is 0.284 e. The zero-order valence-corrected chi connectivity index (χ0v) is 6.65. The van der Waals surface area contributed by atoms with E-state index in [9.17, 15) is 4.79 Å². The van der Waals surface area contributed by atoms with Gasteiger partial charge in [0.25, 0.3) is 5.91 Å². The maximum atomic E-state index is 10.7. The van der Waals surface area contributed by atoms with Crippen LogP contribution in [0.2, 0.25) is 0 Å². The molecule has 0 saturated carbocycles. The molecule has 68 valence electrons. The van der Waals surface area contributed by atoms with Crippen LogP contribution in [0.4, 0.5) is 0 Å². The van der Waals surface area contributed by atoms with Crippen molar-refractivity contribution in [2.45, 2.75) is 0 Å². The minimum absolute atomic E-state index is 0.0732. The Hall–Kier alpha value is -1.91.